The maximum Gasteiger partial charge on any atom is 0.307 e. The predicted molar refractivity (Wildman–Crippen MR) is 92.8 cm³/mol. The molecule has 0 aliphatic heterocycles. The number of benzene rings is 1. The van der Waals surface area contributed by atoms with Gasteiger partial charge in [0.2, 0.25) is 5.91 Å². The molecule has 6 heteroatoms. The molecule has 0 spiro atoms. The second kappa shape index (κ2) is 8.19. The van der Waals surface area contributed by atoms with Gasteiger partial charge in [-0.25, -0.2) is 0 Å². The first-order valence-electron chi connectivity index (χ1n) is 7.17. The lowest BCUT2D eigenvalue weighted by Gasteiger charge is -2.07. The molecule has 0 unspecified atom stereocenters. The van der Waals surface area contributed by atoms with E-state index < -0.39 is 0 Å². The number of hydrogen-bond donors (Lipinski definition) is 1. The van der Waals surface area contributed by atoms with Crippen molar-refractivity contribution in [1.29, 1.82) is 0 Å². The Bertz CT molecular complexity index is 674. The summed E-state index contributed by atoms with van der Waals surface area (Å²) in [5, 5.41) is 4.71. The Hall–Kier alpha value is -1.53. The minimum absolute atomic E-state index is 0.000210. The van der Waals surface area contributed by atoms with Gasteiger partial charge < -0.3 is 9.88 Å². The van der Waals surface area contributed by atoms with Gasteiger partial charge in [0.05, 0.1) is 0 Å². The van der Waals surface area contributed by atoms with Gasteiger partial charge in [-0.1, -0.05) is 29.0 Å². The standard InChI is InChI=1S/C16H20N2O2S2/c1-12-3-5-14(6-4-12)21-10-8-17-15(19)7-9-18-13(2)11-22-16(18)20/h3-6,11H,7-10H2,1-2H3,(H,17,19). The molecule has 0 fully saturated rings. The van der Waals surface area contributed by atoms with E-state index in [0.717, 1.165) is 11.4 Å². The monoisotopic (exact) mass is 336 g/mol. The number of rotatable bonds is 7. The molecule has 1 aromatic carbocycles. The van der Waals surface area contributed by atoms with Crippen molar-refractivity contribution in [2.75, 3.05) is 12.3 Å². The van der Waals surface area contributed by atoms with Crippen molar-refractivity contribution in [3.63, 3.8) is 0 Å². The van der Waals surface area contributed by atoms with Gasteiger partial charge in [0.25, 0.3) is 0 Å². The molecule has 0 saturated carbocycles. The molecule has 1 aromatic heterocycles. The van der Waals surface area contributed by atoms with Crippen LogP contribution in [-0.4, -0.2) is 22.8 Å². The molecule has 0 radical (unpaired) electrons. The summed E-state index contributed by atoms with van der Waals surface area (Å²) in [7, 11) is 0. The first-order valence-corrected chi connectivity index (χ1v) is 9.04. The molecule has 0 aliphatic rings. The molecule has 1 amide bonds. The molecule has 4 nitrogen and oxygen atoms in total. The summed E-state index contributed by atoms with van der Waals surface area (Å²) in [6, 6.07) is 8.35. The minimum Gasteiger partial charge on any atom is -0.355 e. The SMILES string of the molecule is Cc1ccc(SCCNC(=O)CCn2c(C)csc2=O)cc1. The van der Waals surface area contributed by atoms with Crippen LogP contribution in [0.15, 0.2) is 39.3 Å². The summed E-state index contributed by atoms with van der Waals surface area (Å²) in [6.07, 6.45) is 0.340. The Labute approximate surface area is 138 Å². The van der Waals surface area contributed by atoms with Crippen molar-refractivity contribution in [3.8, 4) is 0 Å². The van der Waals surface area contributed by atoms with Crippen molar-refractivity contribution in [3.05, 3.63) is 50.6 Å². The Kier molecular flexibility index (Phi) is 6.27. The summed E-state index contributed by atoms with van der Waals surface area (Å²) < 4.78 is 1.64. The molecule has 1 heterocycles. The van der Waals surface area contributed by atoms with E-state index in [-0.39, 0.29) is 10.8 Å². The summed E-state index contributed by atoms with van der Waals surface area (Å²) in [5.74, 6) is 0.827. The van der Waals surface area contributed by atoms with Crippen LogP contribution in [0.25, 0.3) is 0 Å². The number of carbonyl (C=O) groups is 1. The van der Waals surface area contributed by atoms with Gasteiger partial charge in [-0.05, 0) is 26.0 Å². The highest BCUT2D eigenvalue weighted by Crippen LogP contribution is 2.17. The fraction of sp³-hybridized carbons (Fsp3) is 0.375. The zero-order valence-corrected chi connectivity index (χ0v) is 14.4. The number of thioether (sulfide) groups is 1. The first kappa shape index (κ1) is 16.8. The molecule has 2 aromatic rings. The highest BCUT2D eigenvalue weighted by molar-refractivity contribution is 7.99. The maximum absolute atomic E-state index is 11.8. The van der Waals surface area contributed by atoms with Crippen LogP contribution >= 0.6 is 23.1 Å². The van der Waals surface area contributed by atoms with Crippen molar-refractivity contribution in [2.24, 2.45) is 0 Å². The second-order valence-corrected chi connectivity index (χ2v) is 7.05. The predicted octanol–water partition coefficient (Wildman–Crippen LogP) is 2.83. The van der Waals surface area contributed by atoms with Gasteiger partial charge >= 0.3 is 4.87 Å². The largest absolute Gasteiger partial charge is 0.355 e. The quantitative estimate of drug-likeness (QED) is 0.625. The van der Waals surface area contributed by atoms with Gasteiger partial charge in [0, 0.05) is 41.2 Å². The van der Waals surface area contributed by atoms with Gasteiger partial charge in [0.15, 0.2) is 0 Å². The summed E-state index contributed by atoms with van der Waals surface area (Å²) in [4.78, 5) is 24.5. The third kappa shape index (κ3) is 5.03. The van der Waals surface area contributed by atoms with Crippen molar-refractivity contribution in [2.45, 2.75) is 31.7 Å². The molecule has 2 rings (SSSR count). The Morgan fingerprint density at radius 2 is 2.00 bits per heavy atom. The average Bonchev–Trinajstić information content (AvgIpc) is 2.82. The van der Waals surface area contributed by atoms with Gasteiger partial charge in [-0.3, -0.25) is 9.59 Å². The van der Waals surface area contributed by atoms with Crippen LogP contribution in [0, 0.1) is 13.8 Å². The third-order valence-electron chi connectivity index (χ3n) is 3.25. The smallest absolute Gasteiger partial charge is 0.307 e. The minimum atomic E-state index is -0.0120. The fourth-order valence-electron chi connectivity index (χ4n) is 1.97. The molecule has 0 atom stereocenters. The number of aryl methyl sites for hydroxylation is 2. The molecular formula is C16H20N2O2S2. The Morgan fingerprint density at radius 3 is 2.64 bits per heavy atom. The summed E-state index contributed by atoms with van der Waals surface area (Å²) in [6.45, 7) is 5.03. The molecular weight excluding hydrogens is 316 g/mol. The fourth-order valence-corrected chi connectivity index (χ4v) is 3.50. The van der Waals surface area contributed by atoms with E-state index in [2.05, 4.69) is 36.5 Å². The van der Waals surface area contributed by atoms with Gasteiger partial charge in [-0.2, -0.15) is 0 Å². The molecule has 22 heavy (non-hydrogen) atoms. The second-order valence-electron chi connectivity index (χ2n) is 5.06. The number of nitrogens with zero attached hydrogens (tertiary/aromatic N) is 1. The van der Waals surface area contributed by atoms with Gasteiger partial charge in [0.1, 0.15) is 0 Å². The Balaban J connectivity index is 1.66. The highest BCUT2D eigenvalue weighted by Gasteiger charge is 2.06. The number of nitrogens with one attached hydrogen (secondary N) is 1. The molecule has 0 saturated heterocycles. The van der Waals surface area contributed by atoms with Crippen molar-refractivity contribution < 1.29 is 4.79 Å². The lowest BCUT2D eigenvalue weighted by molar-refractivity contribution is -0.121. The number of aromatic nitrogens is 1. The zero-order valence-electron chi connectivity index (χ0n) is 12.8. The molecule has 1 N–H and O–H groups in total. The van der Waals surface area contributed by atoms with Gasteiger partial charge in [-0.15, -0.1) is 11.8 Å². The van der Waals surface area contributed by atoms with Crippen molar-refractivity contribution >= 4 is 29.0 Å². The van der Waals surface area contributed by atoms with E-state index >= 15 is 0 Å². The van der Waals surface area contributed by atoms with Crippen LogP contribution in [0.4, 0.5) is 0 Å². The number of hydrogen-bond acceptors (Lipinski definition) is 4. The lowest BCUT2D eigenvalue weighted by Crippen LogP contribution is -2.28. The Morgan fingerprint density at radius 1 is 1.27 bits per heavy atom. The number of thiazole rings is 1. The molecule has 0 bridgehead atoms. The maximum atomic E-state index is 11.8. The van der Waals surface area contributed by atoms with E-state index in [1.165, 1.54) is 21.8 Å². The summed E-state index contributed by atoms with van der Waals surface area (Å²) >= 11 is 2.90. The average molecular weight is 336 g/mol. The van der Waals surface area contributed by atoms with Crippen molar-refractivity contribution in [1.82, 2.24) is 9.88 Å². The van der Waals surface area contributed by atoms with Crippen LogP contribution in [0.5, 0.6) is 0 Å². The van der Waals surface area contributed by atoms with E-state index in [4.69, 9.17) is 0 Å². The lowest BCUT2D eigenvalue weighted by atomic mass is 10.2. The highest BCUT2D eigenvalue weighted by atomic mass is 32.2. The molecule has 0 aliphatic carbocycles. The number of amides is 1. The van der Waals surface area contributed by atoms with E-state index in [1.54, 1.807) is 16.3 Å². The van der Waals surface area contributed by atoms with Crippen LogP contribution in [0.3, 0.4) is 0 Å². The van der Waals surface area contributed by atoms with Crippen LogP contribution < -0.4 is 10.2 Å². The topological polar surface area (TPSA) is 51.1 Å². The van der Waals surface area contributed by atoms with Crippen LogP contribution in [-0.2, 0) is 11.3 Å². The van der Waals surface area contributed by atoms with Crippen LogP contribution in [0.2, 0.25) is 0 Å². The van der Waals surface area contributed by atoms with E-state index in [1.807, 2.05) is 12.3 Å². The van der Waals surface area contributed by atoms with Crippen LogP contribution in [0.1, 0.15) is 17.7 Å². The summed E-state index contributed by atoms with van der Waals surface area (Å²) in [5.41, 5.74) is 2.16. The normalized spacial score (nSPS) is 10.6. The number of carbonyl (C=O) groups excluding carboxylic acids is 1. The van der Waals surface area contributed by atoms with E-state index in [9.17, 15) is 9.59 Å². The van der Waals surface area contributed by atoms with E-state index in [0.29, 0.717) is 19.5 Å². The molecule has 118 valence electrons. The first-order chi connectivity index (χ1) is 10.6. The zero-order chi connectivity index (χ0) is 15.9. The third-order valence-corrected chi connectivity index (χ3v) is 5.15.